The summed E-state index contributed by atoms with van der Waals surface area (Å²) in [6.07, 6.45) is 7.90. The van der Waals surface area contributed by atoms with Crippen LogP contribution in [-0.4, -0.2) is 12.1 Å². The Morgan fingerprint density at radius 1 is 1.12 bits per heavy atom. The van der Waals surface area contributed by atoms with Crippen LogP contribution < -0.4 is 5.32 Å². The molecule has 0 aromatic carbocycles. The van der Waals surface area contributed by atoms with Crippen molar-refractivity contribution in [2.45, 2.75) is 37.8 Å². The number of fused-ring (bicyclic) bond motifs is 2. The molecule has 1 heteroatoms. The highest BCUT2D eigenvalue weighted by molar-refractivity contribution is 4.95. The summed E-state index contributed by atoms with van der Waals surface area (Å²) >= 11 is 0. The SMILES string of the molecule is [CH]1CC2CC[C@H](C1)N2. The molecule has 0 amide bonds. The molecule has 0 spiro atoms. The highest BCUT2D eigenvalue weighted by atomic mass is 15.0. The van der Waals surface area contributed by atoms with Crippen molar-refractivity contribution >= 4 is 0 Å². The largest absolute Gasteiger partial charge is 0.311 e. The van der Waals surface area contributed by atoms with Gasteiger partial charge in [-0.1, -0.05) is 0 Å². The lowest BCUT2D eigenvalue weighted by atomic mass is 10.1. The van der Waals surface area contributed by atoms with Gasteiger partial charge >= 0.3 is 0 Å². The first-order valence-electron chi connectivity index (χ1n) is 3.53. The van der Waals surface area contributed by atoms with Gasteiger partial charge in [0.05, 0.1) is 0 Å². The number of hydrogen-bond donors (Lipinski definition) is 1. The molecule has 1 radical (unpaired) electrons. The number of piperidine rings is 1. The Labute approximate surface area is 50.5 Å². The lowest BCUT2D eigenvalue weighted by Crippen LogP contribution is -2.33. The monoisotopic (exact) mass is 110 g/mol. The smallest absolute Gasteiger partial charge is 0.00729 e. The van der Waals surface area contributed by atoms with Gasteiger partial charge in [0.1, 0.15) is 0 Å². The molecule has 2 heterocycles. The lowest BCUT2D eigenvalue weighted by molar-refractivity contribution is 0.469. The molecule has 0 aromatic heterocycles. The third-order valence-electron chi connectivity index (χ3n) is 2.24. The van der Waals surface area contributed by atoms with Gasteiger partial charge in [0.2, 0.25) is 0 Å². The van der Waals surface area contributed by atoms with Crippen LogP contribution in [0.4, 0.5) is 0 Å². The van der Waals surface area contributed by atoms with Gasteiger partial charge < -0.3 is 5.32 Å². The Morgan fingerprint density at radius 2 is 1.75 bits per heavy atom. The molecule has 8 heavy (non-hydrogen) atoms. The van der Waals surface area contributed by atoms with E-state index in [1.165, 1.54) is 25.7 Å². The second kappa shape index (κ2) is 1.73. The third-order valence-corrected chi connectivity index (χ3v) is 2.24. The Balaban J connectivity index is 2.03. The molecule has 0 aromatic rings. The van der Waals surface area contributed by atoms with Crippen molar-refractivity contribution < 1.29 is 0 Å². The van der Waals surface area contributed by atoms with Crippen LogP contribution >= 0.6 is 0 Å². The topological polar surface area (TPSA) is 12.0 Å². The summed E-state index contributed by atoms with van der Waals surface area (Å²) in [5, 5.41) is 3.56. The first kappa shape index (κ1) is 4.80. The zero-order chi connectivity index (χ0) is 5.40. The molecule has 2 bridgehead atoms. The molecular weight excluding hydrogens is 98.1 g/mol. The lowest BCUT2D eigenvalue weighted by Gasteiger charge is -2.19. The maximum atomic E-state index is 3.56. The van der Waals surface area contributed by atoms with Crippen LogP contribution in [0, 0.1) is 6.42 Å². The van der Waals surface area contributed by atoms with E-state index in [-0.39, 0.29) is 0 Å². The summed E-state index contributed by atoms with van der Waals surface area (Å²) in [4.78, 5) is 0. The summed E-state index contributed by atoms with van der Waals surface area (Å²) in [5.41, 5.74) is 0. The first-order valence-corrected chi connectivity index (χ1v) is 3.53. The van der Waals surface area contributed by atoms with E-state index in [0.717, 1.165) is 12.1 Å². The van der Waals surface area contributed by atoms with E-state index in [0.29, 0.717) is 0 Å². The molecule has 1 unspecified atom stereocenters. The van der Waals surface area contributed by atoms with E-state index >= 15 is 0 Å². The Kier molecular flexibility index (Phi) is 1.04. The summed E-state index contributed by atoms with van der Waals surface area (Å²) in [7, 11) is 0. The van der Waals surface area contributed by atoms with E-state index in [1.807, 2.05) is 0 Å². The standard InChI is InChI=1S/C7H12N/c1-2-6-4-5-7(3-1)8-6/h1,6-8H,2-5H2/t6-,7?/m0/s1. The molecule has 2 atom stereocenters. The second-order valence-electron chi connectivity index (χ2n) is 2.90. The van der Waals surface area contributed by atoms with Crippen molar-refractivity contribution in [2.24, 2.45) is 0 Å². The highest BCUT2D eigenvalue weighted by Crippen LogP contribution is 2.24. The normalized spacial score (nSPS) is 45.0. The molecule has 0 saturated carbocycles. The van der Waals surface area contributed by atoms with Crippen LogP contribution in [0.25, 0.3) is 0 Å². The summed E-state index contributed by atoms with van der Waals surface area (Å²) in [6.45, 7) is 0. The minimum Gasteiger partial charge on any atom is -0.311 e. The molecule has 0 aliphatic carbocycles. The van der Waals surface area contributed by atoms with Crippen LogP contribution in [0.15, 0.2) is 0 Å². The predicted octanol–water partition coefficient (Wildman–Crippen LogP) is 1.11. The zero-order valence-corrected chi connectivity index (χ0v) is 5.06. The molecule has 2 aliphatic heterocycles. The predicted molar refractivity (Wildman–Crippen MR) is 33.5 cm³/mol. The summed E-state index contributed by atoms with van der Waals surface area (Å²) < 4.78 is 0. The van der Waals surface area contributed by atoms with Crippen LogP contribution in [0.1, 0.15) is 25.7 Å². The van der Waals surface area contributed by atoms with E-state index in [9.17, 15) is 0 Å². The molecular formula is C7H12N. The van der Waals surface area contributed by atoms with Crippen LogP contribution in [0.2, 0.25) is 0 Å². The molecule has 45 valence electrons. The Morgan fingerprint density at radius 3 is 2.25 bits per heavy atom. The maximum Gasteiger partial charge on any atom is 0.00729 e. The highest BCUT2D eigenvalue weighted by Gasteiger charge is 2.26. The van der Waals surface area contributed by atoms with E-state index < -0.39 is 0 Å². The molecule has 2 aliphatic rings. The average Bonchev–Trinajstić information content (AvgIpc) is 2.12. The van der Waals surface area contributed by atoms with Crippen molar-refractivity contribution in [1.82, 2.24) is 5.32 Å². The van der Waals surface area contributed by atoms with Crippen LogP contribution in [-0.2, 0) is 0 Å². The van der Waals surface area contributed by atoms with Crippen molar-refractivity contribution in [3.63, 3.8) is 0 Å². The molecule has 2 saturated heterocycles. The van der Waals surface area contributed by atoms with E-state index in [2.05, 4.69) is 11.7 Å². The van der Waals surface area contributed by atoms with Gasteiger partial charge in [-0.05, 0) is 32.1 Å². The Hall–Kier alpha value is -0.0400. The van der Waals surface area contributed by atoms with Gasteiger partial charge in [0.15, 0.2) is 0 Å². The van der Waals surface area contributed by atoms with Crippen molar-refractivity contribution in [3.05, 3.63) is 6.42 Å². The van der Waals surface area contributed by atoms with Crippen LogP contribution in [0.3, 0.4) is 0 Å². The fourth-order valence-electron chi connectivity index (χ4n) is 1.77. The van der Waals surface area contributed by atoms with Gasteiger partial charge in [-0.15, -0.1) is 0 Å². The minimum atomic E-state index is 0.855. The molecule has 1 nitrogen and oxygen atoms in total. The van der Waals surface area contributed by atoms with Gasteiger partial charge in [0.25, 0.3) is 0 Å². The molecule has 2 rings (SSSR count). The summed E-state index contributed by atoms with van der Waals surface area (Å²) in [5.74, 6) is 0. The van der Waals surface area contributed by atoms with Crippen molar-refractivity contribution in [1.29, 1.82) is 0 Å². The number of rotatable bonds is 0. The van der Waals surface area contributed by atoms with Gasteiger partial charge in [-0.3, -0.25) is 0 Å². The third kappa shape index (κ3) is 0.655. The molecule has 2 fully saturated rings. The Bertz CT molecular complexity index is 76.4. The van der Waals surface area contributed by atoms with E-state index in [1.54, 1.807) is 0 Å². The van der Waals surface area contributed by atoms with Crippen LogP contribution in [0.5, 0.6) is 0 Å². The first-order chi connectivity index (χ1) is 3.95. The van der Waals surface area contributed by atoms with Gasteiger partial charge in [-0.25, -0.2) is 0 Å². The number of nitrogens with one attached hydrogen (secondary N) is 1. The second-order valence-corrected chi connectivity index (χ2v) is 2.90. The van der Waals surface area contributed by atoms with Gasteiger partial charge in [0, 0.05) is 12.1 Å². The fraction of sp³-hybridized carbons (Fsp3) is 0.857. The van der Waals surface area contributed by atoms with Crippen molar-refractivity contribution in [3.8, 4) is 0 Å². The summed E-state index contributed by atoms with van der Waals surface area (Å²) in [6, 6.07) is 1.71. The quantitative estimate of drug-likeness (QED) is 0.492. The van der Waals surface area contributed by atoms with Gasteiger partial charge in [-0.2, -0.15) is 0 Å². The zero-order valence-electron chi connectivity index (χ0n) is 5.06. The number of hydrogen-bond acceptors (Lipinski definition) is 1. The van der Waals surface area contributed by atoms with Crippen molar-refractivity contribution in [2.75, 3.05) is 0 Å². The maximum absolute atomic E-state index is 3.56. The molecule has 1 N–H and O–H groups in total. The fourth-order valence-corrected chi connectivity index (χ4v) is 1.77. The van der Waals surface area contributed by atoms with E-state index in [4.69, 9.17) is 0 Å². The minimum absolute atomic E-state index is 0.855. The average molecular weight is 110 g/mol.